The molecule has 1 aliphatic rings. The van der Waals surface area contributed by atoms with E-state index in [0.29, 0.717) is 12.2 Å². The molecule has 0 aromatic heterocycles. The quantitative estimate of drug-likeness (QED) is 0.312. The Balaban J connectivity index is 1.52. The number of rotatable bonds is 7. The molecule has 0 heterocycles. The fraction of sp³-hybridized carbons (Fsp3) is 0.345. The molecule has 0 bridgehead atoms. The van der Waals surface area contributed by atoms with E-state index in [1.807, 2.05) is 18.2 Å². The first-order valence-electron chi connectivity index (χ1n) is 12.4. The number of carbonyl (C=O) groups is 1. The van der Waals surface area contributed by atoms with Gasteiger partial charge in [-0.3, -0.25) is 0 Å². The number of esters is 1. The molecule has 3 aromatic carbocycles. The summed E-state index contributed by atoms with van der Waals surface area (Å²) in [5, 5.41) is 9.50. The van der Waals surface area contributed by atoms with Crippen LogP contribution in [0.4, 0.5) is 0 Å². The van der Waals surface area contributed by atoms with Gasteiger partial charge in [0, 0.05) is 6.04 Å². The lowest BCUT2D eigenvalue weighted by Gasteiger charge is -2.22. The number of hydrogen-bond acceptors (Lipinski definition) is 6. The molecule has 1 atom stereocenters. The molecule has 0 saturated carbocycles. The number of carbonyl (C=O) groups excluding carboxylic acids is 1. The van der Waals surface area contributed by atoms with E-state index in [-0.39, 0.29) is 17.3 Å². The molecule has 196 valence electrons. The summed E-state index contributed by atoms with van der Waals surface area (Å²) in [5.41, 5.74) is 2.92. The van der Waals surface area contributed by atoms with E-state index in [1.165, 1.54) is 0 Å². The van der Waals surface area contributed by atoms with Crippen LogP contribution in [0.1, 0.15) is 57.2 Å². The summed E-state index contributed by atoms with van der Waals surface area (Å²) in [4.78, 5) is 12.3. The molecule has 2 N–H and O–H groups in total. The zero-order chi connectivity index (χ0) is 26.6. The summed E-state index contributed by atoms with van der Waals surface area (Å²) in [7, 11) is -3.79. The molecular weight excluding hydrogens is 490 g/mol. The third-order valence-corrected chi connectivity index (χ3v) is 7.63. The average Bonchev–Trinajstić information content (AvgIpc) is 3.04. The maximum absolute atomic E-state index is 13.3. The van der Waals surface area contributed by atoms with Crippen LogP contribution in [-0.4, -0.2) is 31.7 Å². The maximum Gasteiger partial charge on any atom is 0.344 e. The number of phenolic OH excluding ortho intramolecular Hbond substituents is 1. The minimum absolute atomic E-state index is 0.175. The Labute approximate surface area is 218 Å². The van der Waals surface area contributed by atoms with Crippen LogP contribution in [0.15, 0.2) is 71.6 Å². The highest BCUT2D eigenvalue weighted by Gasteiger charge is 2.27. The van der Waals surface area contributed by atoms with Crippen LogP contribution >= 0.6 is 0 Å². The van der Waals surface area contributed by atoms with Crippen molar-refractivity contribution in [1.29, 1.82) is 0 Å². The molecule has 7 nitrogen and oxygen atoms in total. The largest absolute Gasteiger partial charge is 0.508 e. The van der Waals surface area contributed by atoms with E-state index in [1.54, 1.807) is 69.3 Å². The fourth-order valence-electron chi connectivity index (χ4n) is 4.48. The molecule has 37 heavy (non-hydrogen) atoms. The van der Waals surface area contributed by atoms with E-state index in [4.69, 9.17) is 9.47 Å². The summed E-state index contributed by atoms with van der Waals surface area (Å²) in [6.45, 7) is 5.20. The molecule has 0 fully saturated rings. The zero-order valence-electron chi connectivity index (χ0n) is 21.4. The molecule has 1 unspecified atom stereocenters. The Bertz CT molecular complexity index is 1340. The summed E-state index contributed by atoms with van der Waals surface area (Å²) in [5.74, 6) is 0.300. The third-order valence-electron chi connectivity index (χ3n) is 6.14. The van der Waals surface area contributed by atoms with Gasteiger partial charge in [0.05, 0.1) is 4.90 Å². The van der Waals surface area contributed by atoms with Gasteiger partial charge < -0.3 is 14.6 Å². The number of benzene rings is 3. The molecule has 0 radical (unpaired) electrons. The highest BCUT2D eigenvalue weighted by Crippen LogP contribution is 2.35. The van der Waals surface area contributed by atoms with Crippen LogP contribution in [0.25, 0.3) is 11.1 Å². The Morgan fingerprint density at radius 3 is 2.27 bits per heavy atom. The van der Waals surface area contributed by atoms with Crippen LogP contribution in [0, 0.1) is 0 Å². The number of fused-ring (bicyclic) bond motifs is 1. The van der Waals surface area contributed by atoms with Gasteiger partial charge in [0.2, 0.25) is 10.0 Å². The number of sulfonamides is 1. The van der Waals surface area contributed by atoms with Crippen molar-refractivity contribution < 1.29 is 27.8 Å². The number of phenols is 1. The van der Waals surface area contributed by atoms with Crippen LogP contribution in [0.2, 0.25) is 0 Å². The van der Waals surface area contributed by atoms with Crippen LogP contribution in [0.5, 0.6) is 11.5 Å². The van der Waals surface area contributed by atoms with Gasteiger partial charge in [0.15, 0.2) is 6.61 Å². The minimum atomic E-state index is -3.79. The van der Waals surface area contributed by atoms with Crippen molar-refractivity contribution in [2.24, 2.45) is 0 Å². The van der Waals surface area contributed by atoms with Gasteiger partial charge in [-0.1, -0.05) is 42.8 Å². The van der Waals surface area contributed by atoms with Crippen molar-refractivity contribution in [2.45, 2.75) is 63.0 Å². The lowest BCUT2D eigenvalue weighted by atomic mass is 9.99. The molecule has 0 spiro atoms. The van der Waals surface area contributed by atoms with E-state index in [0.717, 1.165) is 41.5 Å². The van der Waals surface area contributed by atoms with Gasteiger partial charge in [-0.2, -0.15) is 0 Å². The van der Waals surface area contributed by atoms with Gasteiger partial charge in [0.1, 0.15) is 17.1 Å². The van der Waals surface area contributed by atoms with E-state index in [9.17, 15) is 18.3 Å². The van der Waals surface area contributed by atoms with Crippen molar-refractivity contribution in [2.75, 3.05) is 6.61 Å². The second-order valence-electron chi connectivity index (χ2n) is 10.2. The maximum atomic E-state index is 13.3. The first-order chi connectivity index (χ1) is 17.5. The highest BCUT2D eigenvalue weighted by atomic mass is 32.2. The predicted octanol–water partition coefficient (Wildman–Crippen LogP) is 5.53. The first kappa shape index (κ1) is 26.7. The lowest BCUT2D eigenvalue weighted by Crippen LogP contribution is -2.29. The summed E-state index contributed by atoms with van der Waals surface area (Å²) in [6, 6.07) is 18.6. The summed E-state index contributed by atoms with van der Waals surface area (Å²) >= 11 is 0. The van der Waals surface area contributed by atoms with Gasteiger partial charge in [-0.05, 0) is 92.6 Å². The summed E-state index contributed by atoms with van der Waals surface area (Å²) in [6.07, 6.45) is 3.14. The van der Waals surface area contributed by atoms with Crippen molar-refractivity contribution in [3.8, 4) is 22.6 Å². The SMILES string of the molecule is CC(C)(C)OC(=O)COc1cccc2c1CCCCC2NS(=O)(=O)c1ccc(-c2ccc(O)cc2)cc1. The smallest absolute Gasteiger partial charge is 0.344 e. The molecule has 3 aromatic rings. The standard InChI is InChI=1S/C29H33NO6S/c1-29(2,3)36-28(32)19-35-27-10-6-8-24-25(27)7-4-5-9-26(24)30-37(33,34)23-17-13-21(14-18-23)20-11-15-22(31)16-12-20/h6,8,10-18,26,30-31H,4-5,7,9,19H2,1-3H3. The van der Waals surface area contributed by atoms with Crippen molar-refractivity contribution in [3.63, 3.8) is 0 Å². The Kier molecular flexibility index (Phi) is 7.90. The third kappa shape index (κ3) is 6.90. The molecule has 0 aliphatic heterocycles. The van der Waals surface area contributed by atoms with Crippen LogP contribution in [-0.2, 0) is 26.0 Å². The van der Waals surface area contributed by atoms with E-state index < -0.39 is 27.6 Å². The van der Waals surface area contributed by atoms with Crippen molar-refractivity contribution in [3.05, 3.63) is 77.9 Å². The Morgan fingerprint density at radius 1 is 0.973 bits per heavy atom. The highest BCUT2D eigenvalue weighted by molar-refractivity contribution is 7.89. The van der Waals surface area contributed by atoms with Crippen molar-refractivity contribution in [1.82, 2.24) is 4.72 Å². The normalized spacial score (nSPS) is 15.9. The molecule has 0 saturated heterocycles. The molecule has 0 amide bonds. The number of nitrogens with one attached hydrogen (secondary N) is 1. The zero-order valence-corrected chi connectivity index (χ0v) is 22.2. The number of hydrogen-bond donors (Lipinski definition) is 2. The van der Waals surface area contributed by atoms with Gasteiger partial charge >= 0.3 is 5.97 Å². The monoisotopic (exact) mass is 523 g/mol. The first-order valence-corrected chi connectivity index (χ1v) is 13.9. The minimum Gasteiger partial charge on any atom is -0.508 e. The van der Waals surface area contributed by atoms with Gasteiger partial charge in [-0.15, -0.1) is 0 Å². The average molecular weight is 524 g/mol. The predicted molar refractivity (Wildman–Crippen MR) is 142 cm³/mol. The Morgan fingerprint density at radius 2 is 1.62 bits per heavy atom. The molecule has 1 aliphatic carbocycles. The molecule has 8 heteroatoms. The molecule has 4 rings (SSSR count). The van der Waals surface area contributed by atoms with Crippen LogP contribution < -0.4 is 9.46 Å². The van der Waals surface area contributed by atoms with Crippen LogP contribution in [0.3, 0.4) is 0 Å². The van der Waals surface area contributed by atoms with Crippen molar-refractivity contribution >= 4 is 16.0 Å². The number of ether oxygens (including phenoxy) is 2. The molecular formula is C29H33NO6S. The summed E-state index contributed by atoms with van der Waals surface area (Å²) < 4.78 is 40.7. The van der Waals surface area contributed by atoms with E-state index in [2.05, 4.69) is 4.72 Å². The lowest BCUT2D eigenvalue weighted by molar-refractivity contribution is -0.157. The Hall–Kier alpha value is -3.36. The number of aromatic hydroxyl groups is 1. The van der Waals surface area contributed by atoms with E-state index >= 15 is 0 Å². The van der Waals surface area contributed by atoms with Gasteiger partial charge in [-0.25, -0.2) is 17.9 Å². The second kappa shape index (κ2) is 10.9. The van der Waals surface area contributed by atoms with Gasteiger partial charge in [0.25, 0.3) is 0 Å². The second-order valence-corrected chi connectivity index (χ2v) is 11.9. The topological polar surface area (TPSA) is 102 Å². The fourth-order valence-corrected chi connectivity index (χ4v) is 5.73.